The predicted octanol–water partition coefficient (Wildman–Crippen LogP) is 4.51. The Hall–Kier alpha value is -1.83. The largest absolute Gasteiger partial charge is 0.380 e. The van der Waals surface area contributed by atoms with Gasteiger partial charge in [0.25, 0.3) is 0 Å². The fourth-order valence-corrected chi connectivity index (χ4v) is 5.10. The van der Waals surface area contributed by atoms with Gasteiger partial charge in [-0.15, -0.1) is 0 Å². The molecule has 0 unspecified atom stereocenters. The fourth-order valence-electron chi connectivity index (χ4n) is 4.82. The average molecular weight is 428 g/mol. The summed E-state index contributed by atoms with van der Waals surface area (Å²) < 4.78 is 9.22. The van der Waals surface area contributed by atoms with Crippen LogP contribution in [0.3, 0.4) is 0 Å². The maximum Gasteiger partial charge on any atom is 0.150 e. The van der Waals surface area contributed by atoms with Gasteiger partial charge in [-0.05, 0) is 56.7 Å². The van der Waals surface area contributed by atoms with Gasteiger partial charge in [0, 0.05) is 61.3 Å². The van der Waals surface area contributed by atoms with E-state index in [1.807, 2.05) is 34.3 Å². The molecule has 0 aliphatic heterocycles. The number of pyridine rings is 1. The molecule has 0 aromatic carbocycles. The number of nitrogens with zero attached hydrogens (tertiary/aromatic N) is 5. The van der Waals surface area contributed by atoms with Gasteiger partial charge in [-0.25, -0.2) is 4.98 Å². The number of hydrogen-bond acceptors (Lipinski definition) is 5. The van der Waals surface area contributed by atoms with Gasteiger partial charge in [-0.2, -0.15) is 5.10 Å². The molecule has 6 nitrogen and oxygen atoms in total. The molecule has 30 heavy (non-hydrogen) atoms. The van der Waals surface area contributed by atoms with Gasteiger partial charge in [0.2, 0.25) is 0 Å². The van der Waals surface area contributed by atoms with E-state index < -0.39 is 0 Å². The number of aryl methyl sites for hydroxylation is 1. The second-order valence-corrected chi connectivity index (χ2v) is 8.69. The van der Waals surface area contributed by atoms with Crippen molar-refractivity contribution in [1.82, 2.24) is 23.6 Å². The van der Waals surface area contributed by atoms with E-state index in [2.05, 4.69) is 48.9 Å². The number of aromatic nitrogens is 4. The Morgan fingerprint density at radius 1 is 1.17 bits per heavy atom. The third-order valence-corrected chi connectivity index (χ3v) is 6.78. The number of thiol groups is 1. The average Bonchev–Trinajstić information content (AvgIpc) is 3.34. The molecule has 1 aliphatic carbocycles. The van der Waals surface area contributed by atoms with E-state index in [0.717, 1.165) is 48.5 Å². The lowest BCUT2D eigenvalue weighted by Gasteiger charge is -2.36. The quantitative estimate of drug-likeness (QED) is 0.424. The molecule has 0 N–H and O–H groups in total. The van der Waals surface area contributed by atoms with E-state index in [-0.39, 0.29) is 0 Å². The van der Waals surface area contributed by atoms with Gasteiger partial charge in [0.1, 0.15) is 5.65 Å². The van der Waals surface area contributed by atoms with E-state index in [0.29, 0.717) is 12.0 Å². The minimum absolute atomic E-state index is 0.578. The second kappa shape index (κ2) is 9.54. The van der Waals surface area contributed by atoms with Gasteiger partial charge < -0.3 is 4.74 Å². The van der Waals surface area contributed by atoms with Crippen LogP contribution in [0.15, 0.2) is 30.9 Å². The smallest absolute Gasteiger partial charge is 0.150 e. The van der Waals surface area contributed by atoms with Crippen LogP contribution in [0.2, 0.25) is 0 Å². The minimum atomic E-state index is 0.578. The maximum absolute atomic E-state index is 5.58. The normalized spacial score (nSPS) is 19.8. The Morgan fingerprint density at radius 2 is 1.97 bits per heavy atom. The number of ether oxygens (including phenoxy) is 1. The van der Waals surface area contributed by atoms with Crippen LogP contribution in [0.5, 0.6) is 0 Å². The van der Waals surface area contributed by atoms with E-state index in [1.54, 1.807) is 0 Å². The summed E-state index contributed by atoms with van der Waals surface area (Å²) in [4.78, 5) is 7.35. The molecule has 3 aromatic heterocycles. The van der Waals surface area contributed by atoms with Gasteiger partial charge in [0.15, 0.2) is 0 Å². The molecule has 3 heterocycles. The molecule has 0 spiro atoms. The Balaban J connectivity index is 1.49. The van der Waals surface area contributed by atoms with E-state index in [4.69, 9.17) is 9.72 Å². The highest BCUT2D eigenvalue weighted by Crippen LogP contribution is 2.37. The van der Waals surface area contributed by atoms with Crippen LogP contribution < -0.4 is 0 Å². The molecule has 0 atom stereocenters. The maximum atomic E-state index is 5.58. The van der Waals surface area contributed by atoms with Crippen molar-refractivity contribution in [1.29, 1.82) is 0 Å². The molecule has 162 valence electrons. The summed E-state index contributed by atoms with van der Waals surface area (Å²) in [5, 5.41) is 5.49. The molecule has 0 saturated heterocycles. The van der Waals surface area contributed by atoms with Gasteiger partial charge in [-0.3, -0.25) is 13.6 Å². The lowest BCUT2D eigenvalue weighted by Crippen LogP contribution is -2.39. The van der Waals surface area contributed by atoms with Crippen molar-refractivity contribution in [2.45, 2.75) is 51.5 Å². The predicted molar refractivity (Wildman–Crippen MR) is 125 cm³/mol. The highest BCUT2D eigenvalue weighted by Gasteiger charge is 2.26. The first kappa shape index (κ1) is 21.4. The lowest BCUT2D eigenvalue weighted by molar-refractivity contribution is 0.0834. The Bertz CT molecular complexity index is 973. The summed E-state index contributed by atoms with van der Waals surface area (Å²) >= 11 is 4.58. The van der Waals surface area contributed by atoms with Crippen molar-refractivity contribution >= 4 is 23.8 Å². The molecule has 1 saturated carbocycles. The first-order valence-electron chi connectivity index (χ1n) is 11.1. The molecule has 4 rings (SSSR count). The summed E-state index contributed by atoms with van der Waals surface area (Å²) in [6.07, 6.45) is 13.0. The van der Waals surface area contributed by atoms with E-state index in [1.165, 1.54) is 31.2 Å². The molecule has 0 bridgehead atoms. The highest BCUT2D eigenvalue weighted by molar-refractivity contribution is 7.78. The topological polar surface area (TPSA) is 48.1 Å². The summed E-state index contributed by atoms with van der Waals surface area (Å²) in [5.74, 6) is 0.578. The molecule has 7 heteroatoms. The molecule has 0 radical (unpaired) electrons. The van der Waals surface area contributed by atoms with Crippen molar-refractivity contribution in [3.05, 3.63) is 36.4 Å². The van der Waals surface area contributed by atoms with E-state index in [9.17, 15) is 0 Å². The minimum Gasteiger partial charge on any atom is -0.380 e. The first-order valence-corrected chi connectivity index (χ1v) is 11.5. The van der Waals surface area contributed by atoms with Crippen LogP contribution in [0.1, 0.15) is 51.0 Å². The number of hydrogen-bond donors (Lipinski definition) is 1. The molecule has 3 aromatic rings. The Kier molecular flexibility index (Phi) is 6.80. The van der Waals surface area contributed by atoms with Crippen molar-refractivity contribution in [2.75, 3.05) is 26.3 Å². The second-order valence-electron chi connectivity index (χ2n) is 8.26. The zero-order chi connectivity index (χ0) is 21.1. The van der Waals surface area contributed by atoms with Crippen LogP contribution in [0, 0.1) is 0 Å². The Labute approximate surface area is 184 Å². The van der Waals surface area contributed by atoms with Crippen LogP contribution in [0.4, 0.5) is 0 Å². The van der Waals surface area contributed by atoms with Crippen LogP contribution in [-0.2, 0) is 11.8 Å². The zero-order valence-corrected chi connectivity index (χ0v) is 19.2. The zero-order valence-electron chi connectivity index (χ0n) is 18.3. The van der Waals surface area contributed by atoms with Crippen molar-refractivity contribution in [2.24, 2.45) is 7.05 Å². The summed E-state index contributed by atoms with van der Waals surface area (Å²) in [7, 11) is 1.94. The van der Waals surface area contributed by atoms with Gasteiger partial charge >= 0.3 is 0 Å². The third kappa shape index (κ3) is 4.43. The molecular weight excluding hydrogens is 394 g/mol. The summed E-state index contributed by atoms with van der Waals surface area (Å²) in [5.41, 5.74) is 4.50. The lowest BCUT2D eigenvalue weighted by atomic mass is 9.81. The number of likely N-dealkylation sites (N-methyl/N-ethyl adjacent to an activating group) is 1. The molecule has 1 aliphatic rings. The SMILES string of the molecule is CCOCCN(CC)C1CCC(c2cnc3c(c2)c(-c2cnn(C)c2)cn3S)CC1. The standard InChI is InChI=1S/C23H33N5OS/c1-4-27(10-11-29-5-2)20-8-6-17(7-9-20)18-12-21-22(19-14-25-26(3)15-19)16-28(30)23(21)24-13-18/h12-17,20,30H,4-11H2,1-3H3. The number of rotatable bonds is 8. The third-order valence-electron chi connectivity index (χ3n) is 6.48. The summed E-state index contributed by atoms with van der Waals surface area (Å²) in [6.45, 7) is 8.10. The highest BCUT2D eigenvalue weighted by atomic mass is 32.1. The molecule has 1 fully saturated rings. The van der Waals surface area contributed by atoms with Crippen molar-refractivity contribution < 1.29 is 4.74 Å². The number of fused-ring (bicyclic) bond motifs is 1. The fraction of sp³-hybridized carbons (Fsp3) is 0.565. The van der Waals surface area contributed by atoms with Crippen molar-refractivity contribution in [3.8, 4) is 11.1 Å². The van der Waals surface area contributed by atoms with Crippen LogP contribution >= 0.6 is 12.8 Å². The van der Waals surface area contributed by atoms with Crippen LogP contribution in [-0.4, -0.2) is 56.0 Å². The van der Waals surface area contributed by atoms with Crippen molar-refractivity contribution in [3.63, 3.8) is 0 Å². The Morgan fingerprint density at radius 3 is 2.63 bits per heavy atom. The van der Waals surface area contributed by atoms with Gasteiger partial charge in [-0.1, -0.05) is 19.7 Å². The van der Waals surface area contributed by atoms with Crippen LogP contribution in [0.25, 0.3) is 22.2 Å². The molecular formula is C23H33N5OS. The monoisotopic (exact) mass is 427 g/mol. The first-order chi connectivity index (χ1) is 14.6. The summed E-state index contributed by atoms with van der Waals surface area (Å²) in [6, 6.07) is 3.00. The van der Waals surface area contributed by atoms with Gasteiger partial charge in [0.05, 0.1) is 12.8 Å². The van der Waals surface area contributed by atoms with E-state index >= 15 is 0 Å². The molecule has 0 amide bonds.